The van der Waals surface area contributed by atoms with Gasteiger partial charge in [-0.3, -0.25) is 19.6 Å². The Balaban J connectivity index is 1.05. The van der Waals surface area contributed by atoms with Gasteiger partial charge in [-0.1, -0.05) is 24.6 Å². The number of piperazine rings is 1. The minimum atomic E-state index is -0.410. The molecule has 2 saturated heterocycles. The van der Waals surface area contributed by atoms with Crippen molar-refractivity contribution in [3.8, 4) is 5.88 Å². The van der Waals surface area contributed by atoms with Crippen LogP contribution in [0.4, 0.5) is 10.5 Å². The Morgan fingerprint density at radius 1 is 0.950 bits per heavy atom. The molecule has 0 radical (unpaired) electrons. The number of hydrogen-bond donors (Lipinski definition) is 1. The number of ether oxygens (including phenoxy) is 1. The van der Waals surface area contributed by atoms with Crippen LogP contribution >= 0.6 is 0 Å². The second-order valence-electron chi connectivity index (χ2n) is 10.6. The second kappa shape index (κ2) is 13.5. The van der Waals surface area contributed by atoms with Crippen LogP contribution in [0.3, 0.4) is 0 Å². The van der Waals surface area contributed by atoms with Gasteiger partial charge in [0.1, 0.15) is 0 Å². The lowest BCUT2D eigenvalue weighted by molar-refractivity contribution is 0.102. The molecular formula is C31H38N6O3. The first kappa shape index (κ1) is 27.7. The summed E-state index contributed by atoms with van der Waals surface area (Å²) in [6, 6.07) is 17.6. The van der Waals surface area contributed by atoms with Crippen molar-refractivity contribution in [2.75, 3.05) is 44.6 Å². The molecular weight excluding hydrogens is 504 g/mol. The molecule has 0 aliphatic carbocycles. The minimum absolute atomic E-state index is 0.203. The monoisotopic (exact) mass is 542 g/mol. The van der Waals surface area contributed by atoms with Gasteiger partial charge >= 0.3 is 6.09 Å². The molecule has 0 saturated carbocycles. The van der Waals surface area contributed by atoms with Gasteiger partial charge in [-0.05, 0) is 62.2 Å². The van der Waals surface area contributed by atoms with Crippen LogP contribution in [0.1, 0.15) is 47.8 Å². The molecule has 2 aliphatic rings. The van der Waals surface area contributed by atoms with Crippen LogP contribution < -0.4 is 10.1 Å². The van der Waals surface area contributed by atoms with E-state index in [1.165, 1.54) is 31.0 Å². The molecule has 2 amide bonds. The number of piperidine rings is 1. The third kappa shape index (κ3) is 7.64. The average Bonchev–Trinajstić information content (AvgIpc) is 2.99. The van der Waals surface area contributed by atoms with Crippen LogP contribution in [0.25, 0.3) is 0 Å². The minimum Gasteiger partial charge on any atom is -0.391 e. The molecule has 210 valence electrons. The Hall–Kier alpha value is -3.82. The number of anilines is 1. The van der Waals surface area contributed by atoms with Gasteiger partial charge in [-0.25, -0.2) is 9.78 Å². The zero-order valence-corrected chi connectivity index (χ0v) is 23.2. The summed E-state index contributed by atoms with van der Waals surface area (Å²) in [7, 11) is 0. The fourth-order valence-electron chi connectivity index (χ4n) is 5.23. The van der Waals surface area contributed by atoms with Gasteiger partial charge in [-0.15, -0.1) is 0 Å². The number of likely N-dealkylation sites (tertiary alicyclic amines) is 1. The topological polar surface area (TPSA) is 90.9 Å². The van der Waals surface area contributed by atoms with E-state index in [1.54, 1.807) is 17.0 Å². The van der Waals surface area contributed by atoms with Crippen LogP contribution in [0.15, 0.2) is 67.0 Å². The first-order valence-electron chi connectivity index (χ1n) is 14.2. The highest BCUT2D eigenvalue weighted by Crippen LogP contribution is 2.20. The quantitative estimate of drug-likeness (QED) is 0.449. The molecule has 3 aromatic rings. The summed E-state index contributed by atoms with van der Waals surface area (Å²) >= 11 is 0. The number of amides is 2. The fourth-order valence-corrected chi connectivity index (χ4v) is 5.23. The molecule has 1 unspecified atom stereocenters. The van der Waals surface area contributed by atoms with Gasteiger partial charge in [0.05, 0.1) is 11.9 Å². The molecule has 1 aromatic carbocycles. The van der Waals surface area contributed by atoms with Gasteiger partial charge < -0.3 is 15.0 Å². The van der Waals surface area contributed by atoms with Crippen molar-refractivity contribution in [3.63, 3.8) is 0 Å². The van der Waals surface area contributed by atoms with E-state index >= 15 is 0 Å². The molecule has 1 atom stereocenters. The number of hydrogen-bond acceptors (Lipinski definition) is 7. The SMILES string of the molecule is CC1CCCCN1Cc1ccc(C(=O)Nc2ccc(OC(=O)N3CCN(CCc4ccccn4)CC3)nc2)cc1. The maximum Gasteiger partial charge on any atom is 0.416 e. The molecule has 2 aliphatic heterocycles. The van der Waals surface area contributed by atoms with Crippen LogP contribution in [-0.4, -0.2) is 82.0 Å². The van der Waals surface area contributed by atoms with E-state index in [-0.39, 0.29) is 11.8 Å². The van der Waals surface area contributed by atoms with Crippen molar-refractivity contribution < 1.29 is 14.3 Å². The number of carbonyl (C=O) groups excluding carboxylic acids is 2. The first-order chi connectivity index (χ1) is 19.5. The molecule has 4 heterocycles. The van der Waals surface area contributed by atoms with Crippen LogP contribution in [0.5, 0.6) is 5.88 Å². The van der Waals surface area contributed by atoms with E-state index in [2.05, 4.69) is 32.0 Å². The third-order valence-corrected chi connectivity index (χ3v) is 7.77. The maximum atomic E-state index is 12.7. The van der Waals surface area contributed by atoms with Crippen LogP contribution in [0, 0.1) is 0 Å². The van der Waals surface area contributed by atoms with E-state index in [9.17, 15) is 9.59 Å². The Labute approximate surface area is 236 Å². The highest BCUT2D eigenvalue weighted by Gasteiger charge is 2.23. The molecule has 9 heteroatoms. The predicted octanol–water partition coefficient (Wildman–Crippen LogP) is 4.46. The number of benzene rings is 1. The molecule has 0 spiro atoms. The molecule has 40 heavy (non-hydrogen) atoms. The van der Waals surface area contributed by atoms with Crippen molar-refractivity contribution in [2.24, 2.45) is 0 Å². The van der Waals surface area contributed by atoms with Gasteiger partial charge in [0.15, 0.2) is 0 Å². The summed E-state index contributed by atoms with van der Waals surface area (Å²) in [5, 5.41) is 2.87. The summed E-state index contributed by atoms with van der Waals surface area (Å²) in [5.41, 5.74) is 3.41. The number of rotatable bonds is 8. The highest BCUT2D eigenvalue weighted by molar-refractivity contribution is 6.04. The van der Waals surface area contributed by atoms with Crippen LogP contribution in [0.2, 0.25) is 0 Å². The Morgan fingerprint density at radius 2 is 1.77 bits per heavy atom. The van der Waals surface area contributed by atoms with E-state index in [1.807, 2.05) is 48.7 Å². The predicted molar refractivity (Wildman–Crippen MR) is 154 cm³/mol. The smallest absolute Gasteiger partial charge is 0.391 e. The van der Waals surface area contributed by atoms with Crippen molar-refractivity contribution in [1.82, 2.24) is 24.7 Å². The highest BCUT2D eigenvalue weighted by atomic mass is 16.6. The van der Waals surface area contributed by atoms with E-state index in [0.29, 0.717) is 30.4 Å². The number of nitrogens with zero attached hydrogens (tertiary/aromatic N) is 5. The van der Waals surface area contributed by atoms with E-state index < -0.39 is 6.09 Å². The fraction of sp³-hybridized carbons (Fsp3) is 0.419. The number of aromatic nitrogens is 2. The largest absolute Gasteiger partial charge is 0.416 e. The van der Waals surface area contributed by atoms with Crippen molar-refractivity contribution in [1.29, 1.82) is 0 Å². The normalized spacial score (nSPS) is 18.3. The average molecular weight is 543 g/mol. The van der Waals surface area contributed by atoms with Gasteiger partial charge in [0.2, 0.25) is 5.88 Å². The first-order valence-corrected chi connectivity index (χ1v) is 14.2. The van der Waals surface area contributed by atoms with E-state index in [4.69, 9.17) is 4.74 Å². The van der Waals surface area contributed by atoms with Gasteiger partial charge in [0.25, 0.3) is 5.91 Å². The molecule has 2 aromatic heterocycles. The zero-order valence-electron chi connectivity index (χ0n) is 23.2. The van der Waals surface area contributed by atoms with Gasteiger partial charge in [0, 0.05) is 75.3 Å². The Kier molecular flexibility index (Phi) is 9.36. The van der Waals surface area contributed by atoms with Gasteiger partial charge in [-0.2, -0.15) is 0 Å². The van der Waals surface area contributed by atoms with Crippen LogP contribution in [-0.2, 0) is 13.0 Å². The Bertz CT molecular complexity index is 1240. The molecule has 0 bridgehead atoms. The number of nitrogens with one attached hydrogen (secondary N) is 1. The summed E-state index contributed by atoms with van der Waals surface area (Å²) in [4.78, 5) is 40.5. The lowest BCUT2D eigenvalue weighted by atomic mass is 10.0. The second-order valence-corrected chi connectivity index (χ2v) is 10.6. The zero-order chi connectivity index (χ0) is 27.7. The van der Waals surface area contributed by atoms with Crippen molar-refractivity contribution in [3.05, 3.63) is 83.8 Å². The molecule has 5 rings (SSSR count). The molecule has 2 fully saturated rings. The summed E-state index contributed by atoms with van der Waals surface area (Å²) in [5.74, 6) is 0.00206. The lowest BCUT2D eigenvalue weighted by Gasteiger charge is -2.33. The number of carbonyl (C=O) groups is 2. The standard InChI is InChI=1S/C31H38N6O3/c1-24-6-3-5-16-37(24)23-25-8-10-26(11-9-25)30(38)34-28-12-13-29(33-22-28)40-31(39)36-20-18-35(19-21-36)17-14-27-7-2-4-15-32-27/h2,4,7-13,15,22,24H,3,5-6,14,16-21,23H2,1H3,(H,34,38). The lowest BCUT2D eigenvalue weighted by Crippen LogP contribution is -2.50. The maximum absolute atomic E-state index is 12.7. The summed E-state index contributed by atoms with van der Waals surface area (Å²) in [6.45, 7) is 8.03. The molecule has 9 nitrogen and oxygen atoms in total. The van der Waals surface area contributed by atoms with E-state index in [0.717, 1.165) is 44.8 Å². The van der Waals surface area contributed by atoms with Crippen molar-refractivity contribution in [2.45, 2.75) is 45.2 Å². The molecule has 1 N–H and O–H groups in total. The third-order valence-electron chi connectivity index (χ3n) is 7.77. The summed E-state index contributed by atoms with van der Waals surface area (Å²) in [6.07, 6.45) is 7.60. The summed E-state index contributed by atoms with van der Waals surface area (Å²) < 4.78 is 5.48. The van der Waals surface area contributed by atoms with Crippen molar-refractivity contribution >= 4 is 17.7 Å². The number of pyridine rings is 2. The Morgan fingerprint density at radius 3 is 2.48 bits per heavy atom.